The number of aromatic nitrogens is 5. The van der Waals surface area contributed by atoms with Gasteiger partial charge in [-0.05, 0) is 49.8 Å². The SMILES string of the molecule is O=c1[nH]c(OC[C@@]23CCCN2C[C@H](F)C3)nc2c(F)c(-c3c(C/C=C/COC[C@H]4CNC[C@@H](O)C4)c(Cl)cc4[nH]ncc34)ncc12. The topological polar surface area (TPSA) is 141 Å². The van der Waals surface area contributed by atoms with Gasteiger partial charge in [0.1, 0.15) is 24.0 Å². The number of halogens is 3. The molecule has 3 aliphatic rings. The lowest BCUT2D eigenvalue weighted by Gasteiger charge is -2.30. The van der Waals surface area contributed by atoms with E-state index in [-0.39, 0.29) is 41.2 Å². The Morgan fingerprint density at radius 2 is 2.13 bits per heavy atom. The van der Waals surface area contributed by atoms with Gasteiger partial charge in [-0.1, -0.05) is 23.8 Å². The van der Waals surface area contributed by atoms with Gasteiger partial charge in [-0.3, -0.25) is 24.8 Å². The smallest absolute Gasteiger partial charge is 0.297 e. The Balaban J connectivity index is 1.15. The van der Waals surface area contributed by atoms with Crippen molar-refractivity contribution >= 4 is 33.4 Å². The lowest BCUT2D eigenvalue weighted by atomic mass is 9.95. The third-order valence-electron chi connectivity index (χ3n) is 9.42. The van der Waals surface area contributed by atoms with Crippen molar-refractivity contribution in [3.63, 3.8) is 0 Å². The van der Waals surface area contributed by atoms with Crippen molar-refractivity contribution in [2.45, 2.75) is 49.9 Å². The molecule has 0 amide bonds. The fraction of sp³-hybridized carbons (Fsp3) is 0.500. The van der Waals surface area contributed by atoms with Gasteiger partial charge in [0.25, 0.3) is 11.6 Å². The number of pyridine rings is 1. The molecule has 0 aliphatic carbocycles. The minimum atomic E-state index is -0.929. The number of β-amino-alcohol motifs (C(OH)–C–C–N with tert-alkyl or cyclic N) is 1. The van der Waals surface area contributed by atoms with Crippen molar-refractivity contribution in [2.24, 2.45) is 5.92 Å². The molecule has 244 valence electrons. The van der Waals surface area contributed by atoms with Crippen LogP contribution >= 0.6 is 11.6 Å². The summed E-state index contributed by atoms with van der Waals surface area (Å²) in [4.78, 5) is 26.4. The quantitative estimate of drug-likeness (QED) is 0.149. The van der Waals surface area contributed by atoms with Gasteiger partial charge >= 0.3 is 0 Å². The summed E-state index contributed by atoms with van der Waals surface area (Å²) >= 11 is 6.73. The summed E-state index contributed by atoms with van der Waals surface area (Å²) in [5, 5.41) is 21.0. The van der Waals surface area contributed by atoms with Crippen molar-refractivity contribution in [1.82, 2.24) is 35.4 Å². The normalized spacial score (nSPS) is 25.3. The van der Waals surface area contributed by atoms with E-state index in [9.17, 15) is 14.3 Å². The summed E-state index contributed by atoms with van der Waals surface area (Å²) in [6.07, 6.45) is 8.52. The molecule has 0 saturated carbocycles. The number of aliphatic hydroxyl groups is 1. The Kier molecular flexibility index (Phi) is 8.77. The molecular weight excluding hydrogens is 620 g/mol. The molecule has 3 aliphatic heterocycles. The molecule has 3 saturated heterocycles. The van der Waals surface area contributed by atoms with Crippen molar-refractivity contribution in [3.05, 3.63) is 57.4 Å². The number of piperidine rings is 1. The summed E-state index contributed by atoms with van der Waals surface area (Å²) in [5.74, 6) is -0.543. The molecule has 4 atom stereocenters. The lowest BCUT2D eigenvalue weighted by molar-refractivity contribution is 0.0601. The van der Waals surface area contributed by atoms with Crippen LogP contribution in [0.1, 0.15) is 31.2 Å². The molecule has 3 fully saturated rings. The van der Waals surface area contributed by atoms with Crippen LogP contribution in [0.4, 0.5) is 8.78 Å². The summed E-state index contributed by atoms with van der Waals surface area (Å²) in [6, 6.07) is 1.61. The zero-order valence-corrected chi connectivity index (χ0v) is 26.0. The average molecular weight is 656 g/mol. The fourth-order valence-electron chi connectivity index (χ4n) is 7.22. The second kappa shape index (κ2) is 13.0. The Hall–Kier alpha value is -3.49. The first kappa shape index (κ1) is 31.1. The number of nitrogens with one attached hydrogen (secondary N) is 3. The Bertz CT molecular complexity index is 1830. The van der Waals surface area contributed by atoms with Gasteiger partial charge in [0, 0.05) is 48.2 Å². The van der Waals surface area contributed by atoms with Crippen molar-refractivity contribution in [1.29, 1.82) is 0 Å². The number of benzene rings is 1. The van der Waals surface area contributed by atoms with Crippen LogP contribution in [-0.4, -0.2) is 99.0 Å². The molecule has 3 aromatic heterocycles. The van der Waals surface area contributed by atoms with E-state index in [1.165, 1.54) is 6.20 Å². The molecule has 0 radical (unpaired) electrons. The molecule has 0 unspecified atom stereocenters. The Morgan fingerprint density at radius 1 is 1.24 bits per heavy atom. The van der Waals surface area contributed by atoms with E-state index in [2.05, 4.69) is 35.4 Å². The van der Waals surface area contributed by atoms with Gasteiger partial charge in [0.2, 0.25) is 0 Å². The number of allylic oxidation sites excluding steroid dienone is 1. The molecule has 11 nitrogen and oxygen atoms in total. The van der Waals surface area contributed by atoms with Crippen LogP contribution in [0, 0.1) is 11.7 Å². The number of aromatic amines is 2. The average Bonchev–Trinajstić information content (AvgIpc) is 3.73. The monoisotopic (exact) mass is 655 g/mol. The highest BCUT2D eigenvalue weighted by Crippen LogP contribution is 2.41. The third kappa shape index (κ3) is 6.02. The second-order valence-electron chi connectivity index (χ2n) is 12.6. The Labute approximate surface area is 268 Å². The maximum absolute atomic E-state index is 16.4. The van der Waals surface area contributed by atoms with Crippen LogP contribution < -0.4 is 15.6 Å². The summed E-state index contributed by atoms with van der Waals surface area (Å²) in [6.45, 7) is 3.62. The van der Waals surface area contributed by atoms with E-state index >= 15 is 4.39 Å². The van der Waals surface area contributed by atoms with E-state index in [0.717, 1.165) is 25.9 Å². The minimum Gasteiger partial charge on any atom is -0.463 e. The van der Waals surface area contributed by atoms with Gasteiger partial charge in [-0.15, -0.1) is 0 Å². The first-order valence-electron chi connectivity index (χ1n) is 15.7. The summed E-state index contributed by atoms with van der Waals surface area (Å²) < 4.78 is 42.4. The van der Waals surface area contributed by atoms with Crippen molar-refractivity contribution in [2.75, 3.05) is 46.0 Å². The first-order valence-corrected chi connectivity index (χ1v) is 16.1. The molecule has 7 rings (SSSR count). The zero-order valence-electron chi connectivity index (χ0n) is 25.2. The van der Waals surface area contributed by atoms with E-state index < -0.39 is 23.1 Å². The number of alkyl halides is 1. The zero-order chi connectivity index (χ0) is 31.8. The molecule has 4 N–H and O–H groups in total. The largest absolute Gasteiger partial charge is 0.463 e. The predicted molar refractivity (Wildman–Crippen MR) is 169 cm³/mol. The molecular formula is C32H36ClF2N7O4. The van der Waals surface area contributed by atoms with Crippen LogP contribution in [0.2, 0.25) is 5.02 Å². The third-order valence-corrected chi connectivity index (χ3v) is 9.76. The maximum atomic E-state index is 16.4. The van der Waals surface area contributed by atoms with Gasteiger partial charge in [0.05, 0.1) is 42.0 Å². The van der Waals surface area contributed by atoms with Crippen LogP contribution in [0.3, 0.4) is 0 Å². The molecule has 6 heterocycles. The predicted octanol–water partition coefficient (Wildman–Crippen LogP) is 3.69. The van der Waals surface area contributed by atoms with E-state index in [1.807, 2.05) is 12.2 Å². The Morgan fingerprint density at radius 3 is 3.00 bits per heavy atom. The number of aliphatic hydroxyl groups excluding tert-OH is 1. The van der Waals surface area contributed by atoms with Crippen LogP contribution in [0.25, 0.3) is 33.1 Å². The fourth-order valence-corrected chi connectivity index (χ4v) is 7.50. The molecule has 4 aromatic rings. The van der Waals surface area contributed by atoms with E-state index in [4.69, 9.17) is 21.1 Å². The number of H-pyrrole nitrogens is 2. The van der Waals surface area contributed by atoms with Crippen LogP contribution in [0.15, 0.2) is 35.4 Å². The number of rotatable bonds is 10. The number of hydrogen-bond donors (Lipinski definition) is 4. The van der Waals surface area contributed by atoms with E-state index in [0.29, 0.717) is 72.6 Å². The van der Waals surface area contributed by atoms with Crippen LogP contribution in [0.5, 0.6) is 6.01 Å². The van der Waals surface area contributed by atoms with Crippen LogP contribution in [-0.2, 0) is 11.2 Å². The minimum absolute atomic E-state index is 0.0231. The van der Waals surface area contributed by atoms with Crippen molar-refractivity contribution < 1.29 is 23.4 Å². The number of hydrogen-bond acceptors (Lipinski definition) is 9. The number of fused-ring (bicyclic) bond motifs is 3. The van der Waals surface area contributed by atoms with E-state index in [1.54, 1.807) is 12.3 Å². The summed E-state index contributed by atoms with van der Waals surface area (Å²) in [7, 11) is 0. The molecule has 46 heavy (non-hydrogen) atoms. The van der Waals surface area contributed by atoms with Crippen molar-refractivity contribution in [3.8, 4) is 17.3 Å². The maximum Gasteiger partial charge on any atom is 0.297 e. The molecule has 14 heteroatoms. The highest BCUT2D eigenvalue weighted by Gasteiger charge is 2.49. The number of nitrogens with zero attached hydrogens (tertiary/aromatic N) is 4. The second-order valence-corrected chi connectivity index (χ2v) is 13.0. The van der Waals surface area contributed by atoms with Gasteiger partial charge in [-0.2, -0.15) is 10.1 Å². The first-order chi connectivity index (χ1) is 22.3. The standard InChI is InChI=1S/C32H36ClF2N7O4/c33-24-9-25-22(14-38-41-25)26(21(24)4-1-2-7-45-16-18-8-20(43)12-36-11-18)29-27(35)28-23(13-37-29)30(44)40-31(39-28)46-17-32-5-3-6-42(32)15-19(34)10-32/h1-2,9,13-14,18-20,36,43H,3-8,10-12,15-17H2,(H,38,41)(H,39,40,44)/b2-1+/t18-,19-,20+,32+/m1/s1. The van der Waals surface area contributed by atoms with Gasteiger partial charge < -0.3 is 19.9 Å². The molecule has 1 aromatic carbocycles. The highest BCUT2D eigenvalue weighted by molar-refractivity contribution is 6.33. The van der Waals surface area contributed by atoms with Gasteiger partial charge in [-0.25, -0.2) is 8.78 Å². The highest BCUT2D eigenvalue weighted by atomic mass is 35.5. The number of ether oxygens (including phenoxy) is 2. The summed E-state index contributed by atoms with van der Waals surface area (Å²) in [5.41, 5.74) is 0.417. The molecule has 0 bridgehead atoms. The lowest BCUT2D eigenvalue weighted by Crippen LogP contribution is -2.43. The van der Waals surface area contributed by atoms with Gasteiger partial charge in [0.15, 0.2) is 5.82 Å². The molecule has 0 spiro atoms.